The van der Waals surface area contributed by atoms with Gasteiger partial charge < -0.3 is 14.8 Å². The lowest BCUT2D eigenvalue weighted by atomic mass is 10.1. The maximum absolute atomic E-state index is 5.38. The molecule has 0 spiro atoms. The Hall–Kier alpha value is -1.59. The van der Waals surface area contributed by atoms with Crippen molar-refractivity contribution in [3.8, 4) is 11.5 Å². The number of methoxy groups -OCH3 is 2. The average Bonchev–Trinajstić information content (AvgIpc) is 3.02. The Kier molecular flexibility index (Phi) is 5.80. The monoisotopic (exact) mass is 320 g/mol. The number of nitrogens with zero attached hydrogens (tertiary/aromatic N) is 1. The van der Waals surface area contributed by atoms with Crippen LogP contribution in [0.1, 0.15) is 40.9 Å². The molecule has 0 saturated heterocycles. The SMILES string of the molecule is CCc1cnc([C@H](C)NCc2cc(OC)c(OC)cc2C)s1. The summed E-state index contributed by atoms with van der Waals surface area (Å²) < 4.78 is 10.7. The molecule has 2 rings (SSSR count). The van der Waals surface area contributed by atoms with Crippen LogP contribution in [-0.4, -0.2) is 19.2 Å². The number of aromatic nitrogens is 1. The predicted octanol–water partition coefficient (Wildman–Crippen LogP) is 3.88. The Balaban J connectivity index is 2.07. The summed E-state index contributed by atoms with van der Waals surface area (Å²) in [5.41, 5.74) is 2.39. The van der Waals surface area contributed by atoms with Crippen molar-refractivity contribution in [2.75, 3.05) is 14.2 Å². The summed E-state index contributed by atoms with van der Waals surface area (Å²) in [6, 6.07) is 4.28. The van der Waals surface area contributed by atoms with E-state index in [1.165, 1.54) is 16.0 Å². The van der Waals surface area contributed by atoms with Crippen LogP contribution in [0.2, 0.25) is 0 Å². The van der Waals surface area contributed by atoms with Crippen LogP contribution in [0.15, 0.2) is 18.3 Å². The van der Waals surface area contributed by atoms with E-state index in [0.29, 0.717) is 0 Å². The molecule has 1 atom stereocenters. The summed E-state index contributed by atoms with van der Waals surface area (Å²) in [5.74, 6) is 1.53. The van der Waals surface area contributed by atoms with Gasteiger partial charge in [-0.25, -0.2) is 4.98 Å². The van der Waals surface area contributed by atoms with Gasteiger partial charge in [0.2, 0.25) is 0 Å². The fraction of sp³-hybridized carbons (Fsp3) is 0.471. The molecule has 1 N–H and O–H groups in total. The summed E-state index contributed by atoms with van der Waals surface area (Å²) in [4.78, 5) is 5.82. The van der Waals surface area contributed by atoms with Crippen molar-refractivity contribution in [3.05, 3.63) is 39.3 Å². The molecule has 4 nitrogen and oxygen atoms in total. The van der Waals surface area contributed by atoms with Crippen molar-refractivity contribution >= 4 is 11.3 Å². The lowest BCUT2D eigenvalue weighted by Crippen LogP contribution is -2.18. The molecule has 5 heteroatoms. The summed E-state index contributed by atoms with van der Waals surface area (Å²) >= 11 is 1.78. The summed E-state index contributed by atoms with van der Waals surface area (Å²) in [7, 11) is 3.32. The van der Waals surface area contributed by atoms with Gasteiger partial charge in [0.15, 0.2) is 11.5 Å². The molecular formula is C17H24N2O2S. The van der Waals surface area contributed by atoms with E-state index in [0.717, 1.165) is 29.5 Å². The van der Waals surface area contributed by atoms with E-state index >= 15 is 0 Å². The number of ether oxygens (including phenoxy) is 2. The van der Waals surface area contributed by atoms with Crippen molar-refractivity contribution in [2.45, 2.75) is 39.8 Å². The predicted molar refractivity (Wildman–Crippen MR) is 91.0 cm³/mol. The molecule has 22 heavy (non-hydrogen) atoms. The molecule has 0 aliphatic rings. The second kappa shape index (κ2) is 7.61. The van der Waals surface area contributed by atoms with Crippen LogP contribution < -0.4 is 14.8 Å². The second-order valence-electron chi connectivity index (χ2n) is 5.25. The van der Waals surface area contributed by atoms with Gasteiger partial charge in [0, 0.05) is 17.6 Å². The molecule has 0 aliphatic heterocycles. The molecule has 0 fully saturated rings. The maximum atomic E-state index is 5.38. The Morgan fingerprint density at radius 1 is 1.23 bits per heavy atom. The Morgan fingerprint density at radius 2 is 1.91 bits per heavy atom. The van der Waals surface area contributed by atoms with E-state index in [-0.39, 0.29) is 6.04 Å². The zero-order valence-corrected chi connectivity index (χ0v) is 14.7. The van der Waals surface area contributed by atoms with E-state index in [1.807, 2.05) is 18.3 Å². The summed E-state index contributed by atoms with van der Waals surface area (Å²) in [5, 5.41) is 4.67. The van der Waals surface area contributed by atoms with Crippen molar-refractivity contribution in [1.29, 1.82) is 0 Å². The van der Waals surface area contributed by atoms with Gasteiger partial charge in [-0.05, 0) is 43.5 Å². The smallest absolute Gasteiger partial charge is 0.161 e. The van der Waals surface area contributed by atoms with Gasteiger partial charge in [0.1, 0.15) is 5.01 Å². The fourth-order valence-corrected chi connectivity index (χ4v) is 3.13. The van der Waals surface area contributed by atoms with Gasteiger partial charge in [0.05, 0.1) is 20.3 Å². The molecule has 1 aromatic heterocycles. The molecule has 0 aliphatic carbocycles. The van der Waals surface area contributed by atoms with Crippen LogP contribution in [-0.2, 0) is 13.0 Å². The van der Waals surface area contributed by atoms with Gasteiger partial charge in [-0.15, -0.1) is 11.3 Å². The first kappa shape index (κ1) is 16.8. The lowest BCUT2D eigenvalue weighted by molar-refractivity contribution is 0.354. The van der Waals surface area contributed by atoms with E-state index in [9.17, 15) is 0 Å². The first-order valence-electron chi connectivity index (χ1n) is 7.48. The van der Waals surface area contributed by atoms with Crippen LogP contribution in [0.4, 0.5) is 0 Å². The number of aryl methyl sites for hydroxylation is 2. The molecule has 1 heterocycles. The summed E-state index contributed by atoms with van der Waals surface area (Å²) in [6.07, 6.45) is 3.01. The third-order valence-corrected chi connectivity index (χ3v) is 5.06. The highest BCUT2D eigenvalue weighted by molar-refractivity contribution is 7.11. The Bertz CT molecular complexity index is 625. The minimum atomic E-state index is 0.234. The Labute approximate surface area is 136 Å². The third kappa shape index (κ3) is 3.78. The van der Waals surface area contributed by atoms with E-state index in [1.54, 1.807) is 25.6 Å². The van der Waals surface area contributed by atoms with Crippen molar-refractivity contribution < 1.29 is 9.47 Å². The number of rotatable bonds is 7. The maximum Gasteiger partial charge on any atom is 0.161 e. The van der Waals surface area contributed by atoms with Crippen molar-refractivity contribution in [2.24, 2.45) is 0 Å². The van der Waals surface area contributed by atoms with Gasteiger partial charge in [-0.1, -0.05) is 6.92 Å². The largest absolute Gasteiger partial charge is 0.493 e. The van der Waals surface area contributed by atoms with Crippen LogP contribution in [0.3, 0.4) is 0 Å². The second-order valence-corrected chi connectivity index (χ2v) is 6.40. The highest BCUT2D eigenvalue weighted by atomic mass is 32.1. The molecule has 2 aromatic rings. The number of hydrogen-bond acceptors (Lipinski definition) is 5. The molecule has 1 aromatic carbocycles. The first-order chi connectivity index (χ1) is 10.6. The van der Waals surface area contributed by atoms with Crippen LogP contribution in [0.25, 0.3) is 0 Å². The number of benzene rings is 1. The van der Waals surface area contributed by atoms with Gasteiger partial charge in [-0.2, -0.15) is 0 Å². The number of hydrogen-bond donors (Lipinski definition) is 1. The molecule has 0 bridgehead atoms. The van der Waals surface area contributed by atoms with E-state index in [2.05, 4.69) is 31.1 Å². The fourth-order valence-electron chi connectivity index (χ4n) is 2.25. The normalized spacial score (nSPS) is 12.2. The molecule has 0 saturated carbocycles. The highest BCUT2D eigenvalue weighted by Crippen LogP contribution is 2.30. The van der Waals surface area contributed by atoms with Gasteiger partial charge in [-0.3, -0.25) is 0 Å². The molecule has 0 amide bonds. The van der Waals surface area contributed by atoms with Gasteiger partial charge in [0.25, 0.3) is 0 Å². The standard InChI is InChI=1S/C17H24N2O2S/c1-6-14-10-19-17(22-14)12(3)18-9-13-8-16(21-5)15(20-4)7-11(13)2/h7-8,10,12,18H,6,9H2,1-5H3/t12-/m0/s1. The average molecular weight is 320 g/mol. The quantitative estimate of drug-likeness (QED) is 0.841. The lowest BCUT2D eigenvalue weighted by Gasteiger charge is -2.15. The first-order valence-corrected chi connectivity index (χ1v) is 8.30. The minimum absolute atomic E-state index is 0.234. The van der Waals surface area contributed by atoms with Gasteiger partial charge >= 0.3 is 0 Å². The van der Waals surface area contributed by atoms with Crippen molar-refractivity contribution in [1.82, 2.24) is 10.3 Å². The Morgan fingerprint density at radius 3 is 2.50 bits per heavy atom. The third-order valence-electron chi connectivity index (χ3n) is 3.73. The summed E-state index contributed by atoms with van der Waals surface area (Å²) in [6.45, 7) is 7.16. The minimum Gasteiger partial charge on any atom is -0.493 e. The van der Waals surface area contributed by atoms with E-state index in [4.69, 9.17) is 9.47 Å². The highest BCUT2D eigenvalue weighted by Gasteiger charge is 2.12. The van der Waals surface area contributed by atoms with E-state index < -0.39 is 0 Å². The van der Waals surface area contributed by atoms with Crippen LogP contribution in [0.5, 0.6) is 11.5 Å². The molecular weight excluding hydrogens is 296 g/mol. The zero-order chi connectivity index (χ0) is 16.1. The van der Waals surface area contributed by atoms with Crippen LogP contribution >= 0.6 is 11.3 Å². The topological polar surface area (TPSA) is 43.4 Å². The molecule has 120 valence electrons. The van der Waals surface area contributed by atoms with Crippen molar-refractivity contribution in [3.63, 3.8) is 0 Å². The number of nitrogens with one attached hydrogen (secondary N) is 1. The van der Waals surface area contributed by atoms with Crippen LogP contribution in [0, 0.1) is 6.92 Å². The molecule has 0 radical (unpaired) electrons. The molecule has 0 unspecified atom stereocenters. The zero-order valence-electron chi connectivity index (χ0n) is 13.9. The number of thiazole rings is 1.